The number of benzene rings is 2. The smallest absolute Gasteiger partial charge is 0.255 e. The predicted molar refractivity (Wildman–Crippen MR) is 133 cm³/mol. The van der Waals surface area contributed by atoms with Gasteiger partial charge >= 0.3 is 0 Å². The minimum Gasteiger partial charge on any atom is -0.322 e. The summed E-state index contributed by atoms with van der Waals surface area (Å²) in [6.45, 7) is 1.90. The number of aromatic nitrogens is 2. The molecule has 2 fully saturated rings. The number of fused-ring (bicyclic) bond motifs is 1. The highest BCUT2D eigenvalue weighted by Gasteiger charge is 2.42. The second-order valence-corrected chi connectivity index (χ2v) is 10.1. The molecule has 3 aromatic rings. The maximum Gasteiger partial charge on any atom is 0.255 e. The zero-order valence-corrected chi connectivity index (χ0v) is 20.7. The molecule has 196 valence electrons. The van der Waals surface area contributed by atoms with Gasteiger partial charge in [0.2, 0.25) is 11.8 Å². The molecule has 0 radical (unpaired) electrons. The number of piperidine rings is 2. The summed E-state index contributed by atoms with van der Waals surface area (Å²) in [4.78, 5) is 40.2. The Bertz CT molecular complexity index is 1420. The van der Waals surface area contributed by atoms with E-state index in [9.17, 15) is 14.4 Å². The summed E-state index contributed by atoms with van der Waals surface area (Å²) in [6, 6.07) is 12.1. The number of para-hydroxylation sites is 1. The Labute approximate surface area is 218 Å². The highest BCUT2D eigenvalue weighted by molar-refractivity contribution is 6.05. The van der Waals surface area contributed by atoms with Crippen LogP contribution in [-0.2, 0) is 22.7 Å². The normalized spacial score (nSPS) is 20.6. The minimum absolute atomic E-state index is 0.0238. The Morgan fingerprint density at radius 3 is 2.50 bits per heavy atom. The zero-order chi connectivity index (χ0) is 26.4. The molecule has 1 atom stereocenters. The number of rotatable bonds is 5. The van der Waals surface area contributed by atoms with E-state index in [0.717, 1.165) is 17.4 Å². The SMILES string of the molecule is O=C1CCC(N2Cc3c(cc(F)c(C4CCN(Cc5ccnn5-c5ccccc5)CC4)c3F)C2=O)C(=O)N1. The molecule has 3 amide bonds. The third-order valence-corrected chi connectivity index (χ3v) is 7.86. The molecule has 4 heterocycles. The summed E-state index contributed by atoms with van der Waals surface area (Å²) >= 11 is 0. The molecule has 1 unspecified atom stereocenters. The van der Waals surface area contributed by atoms with Gasteiger partial charge in [0.15, 0.2) is 0 Å². The first-order valence-electron chi connectivity index (χ1n) is 12.9. The fourth-order valence-electron chi connectivity index (χ4n) is 5.89. The summed E-state index contributed by atoms with van der Waals surface area (Å²) in [5.41, 5.74) is 2.13. The van der Waals surface area contributed by atoms with E-state index in [2.05, 4.69) is 15.3 Å². The van der Waals surface area contributed by atoms with Crippen molar-refractivity contribution in [3.05, 3.63) is 82.7 Å². The molecule has 1 N–H and O–H groups in total. The summed E-state index contributed by atoms with van der Waals surface area (Å²) in [7, 11) is 0. The fourth-order valence-corrected chi connectivity index (χ4v) is 5.89. The summed E-state index contributed by atoms with van der Waals surface area (Å²) in [6.07, 6.45) is 3.20. The number of imide groups is 1. The average molecular weight is 520 g/mol. The van der Waals surface area contributed by atoms with E-state index in [1.165, 1.54) is 4.90 Å². The Morgan fingerprint density at radius 2 is 1.76 bits per heavy atom. The largest absolute Gasteiger partial charge is 0.322 e. The number of nitrogens with zero attached hydrogens (tertiary/aromatic N) is 4. The second kappa shape index (κ2) is 9.75. The molecule has 3 aliphatic rings. The van der Waals surface area contributed by atoms with E-state index in [1.54, 1.807) is 6.20 Å². The third-order valence-electron chi connectivity index (χ3n) is 7.86. The highest BCUT2D eigenvalue weighted by Crippen LogP contribution is 2.38. The maximum atomic E-state index is 15.7. The van der Waals surface area contributed by atoms with Crippen molar-refractivity contribution in [3.63, 3.8) is 0 Å². The van der Waals surface area contributed by atoms with E-state index in [1.807, 2.05) is 41.1 Å². The van der Waals surface area contributed by atoms with Gasteiger partial charge in [-0.2, -0.15) is 5.10 Å². The van der Waals surface area contributed by atoms with Crippen molar-refractivity contribution in [1.82, 2.24) is 24.9 Å². The predicted octanol–water partition coefficient (Wildman–Crippen LogP) is 3.29. The van der Waals surface area contributed by atoms with E-state index < -0.39 is 35.4 Å². The van der Waals surface area contributed by atoms with Crippen molar-refractivity contribution in [2.75, 3.05) is 13.1 Å². The molecule has 0 aliphatic carbocycles. The molecule has 0 bridgehead atoms. The Hall–Kier alpha value is -3.92. The van der Waals surface area contributed by atoms with Crippen molar-refractivity contribution in [2.24, 2.45) is 0 Å². The maximum absolute atomic E-state index is 15.7. The summed E-state index contributed by atoms with van der Waals surface area (Å²) in [5, 5.41) is 6.67. The topological polar surface area (TPSA) is 87.5 Å². The van der Waals surface area contributed by atoms with Gasteiger partial charge in [0.25, 0.3) is 5.91 Å². The van der Waals surface area contributed by atoms with E-state index in [0.29, 0.717) is 32.5 Å². The van der Waals surface area contributed by atoms with Gasteiger partial charge in [-0.1, -0.05) is 18.2 Å². The van der Waals surface area contributed by atoms with Gasteiger partial charge in [0, 0.05) is 30.3 Å². The molecular formula is C28H27F2N5O3. The fraction of sp³-hybridized carbons (Fsp3) is 0.357. The summed E-state index contributed by atoms with van der Waals surface area (Å²) in [5.74, 6) is -3.28. The summed E-state index contributed by atoms with van der Waals surface area (Å²) < 4.78 is 32.9. The van der Waals surface area contributed by atoms with E-state index in [-0.39, 0.29) is 42.0 Å². The molecule has 2 aromatic carbocycles. The molecule has 3 aliphatic heterocycles. The molecule has 6 rings (SSSR count). The van der Waals surface area contributed by atoms with Gasteiger partial charge in [-0.15, -0.1) is 0 Å². The van der Waals surface area contributed by atoms with Crippen LogP contribution in [0.1, 0.15) is 58.8 Å². The Balaban J connectivity index is 1.16. The van der Waals surface area contributed by atoms with Gasteiger partial charge < -0.3 is 4.90 Å². The lowest BCUT2D eigenvalue weighted by molar-refractivity contribution is -0.136. The van der Waals surface area contributed by atoms with Crippen LogP contribution >= 0.6 is 0 Å². The Morgan fingerprint density at radius 1 is 1.00 bits per heavy atom. The van der Waals surface area contributed by atoms with Crippen LogP contribution < -0.4 is 5.32 Å². The number of likely N-dealkylation sites (tertiary alicyclic amines) is 1. The van der Waals surface area contributed by atoms with Crippen molar-refractivity contribution >= 4 is 17.7 Å². The number of amides is 3. The molecular weight excluding hydrogens is 492 g/mol. The van der Waals surface area contributed by atoms with Gasteiger partial charge in [-0.25, -0.2) is 13.5 Å². The number of hydrogen-bond acceptors (Lipinski definition) is 5. The van der Waals surface area contributed by atoms with Gasteiger partial charge in [-0.05, 0) is 62.5 Å². The van der Waals surface area contributed by atoms with Crippen molar-refractivity contribution in [3.8, 4) is 5.69 Å². The number of hydrogen-bond donors (Lipinski definition) is 1. The van der Waals surface area contributed by atoms with Crippen molar-refractivity contribution < 1.29 is 23.2 Å². The molecule has 0 saturated carbocycles. The zero-order valence-electron chi connectivity index (χ0n) is 20.7. The molecule has 8 nitrogen and oxygen atoms in total. The van der Waals surface area contributed by atoms with Crippen molar-refractivity contribution in [2.45, 2.75) is 50.7 Å². The molecule has 0 spiro atoms. The molecule has 2 saturated heterocycles. The molecule has 10 heteroatoms. The highest BCUT2D eigenvalue weighted by atomic mass is 19.1. The van der Waals surface area contributed by atoms with Gasteiger partial charge in [0.1, 0.15) is 17.7 Å². The number of nitrogens with one attached hydrogen (secondary N) is 1. The van der Waals surface area contributed by atoms with Crippen LogP contribution in [0.4, 0.5) is 8.78 Å². The van der Waals surface area contributed by atoms with Crippen LogP contribution in [0.2, 0.25) is 0 Å². The van der Waals surface area contributed by atoms with E-state index in [4.69, 9.17) is 0 Å². The quantitative estimate of drug-likeness (QED) is 0.523. The van der Waals surface area contributed by atoms with Gasteiger partial charge in [-0.3, -0.25) is 24.6 Å². The molecule has 1 aromatic heterocycles. The number of halogens is 2. The first-order valence-corrected chi connectivity index (χ1v) is 12.9. The lowest BCUT2D eigenvalue weighted by atomic mass is 9.86. The number of carbonyl (C=O) groups excluding carboxylic acids is 3. The standard InChI is InChI=1S/C28H27F2N5O3/c29-22-14-20-21(16-34(28(20)38)23-6-7-24(36)32-27(23)37)26(30)25(22)17-9-12-33(13-10-17)15-19-8-11-31-35(19)18-4-2-1-3-5-18/h1-5,8,11,14,17,23H,6-7,9-10,12-13,15-16H2,(H,32,36,37). The molecule has 38 heavy (non-hydrogen) atoms. The van der Waals surface area contributed by atoms with Crippen LogP contribution in [0.5, 0.6) is 0 Å². The number of carbonyl (C=O) groups is 3. The van der Waals surface area contributed by atoms with Crippen LogP contribution in [0.15, 0.2) is 48.7 Å². The van der Waals surface area contributed by atoms with Crippen LogP contribution in [-0.4, -0.2) is 56.4 Å². The van der Waals surface area contributed by atoms with Crippen molar-refractivity contribution in [1.29, 1.82) is 0 Å². The average Bonchev–Trinajstić information content (AvgIpc) is 3.50. The van der Waals surface area contributed by atoms with Gasteiger partial charge in [0.05, 0.1) is 23.5 Å². The minimum atomic E-state index is -0.869. The van der Waals surface area contributed by atoms with Crippen LogP contribution in [0, 0.1) is 11.6 Å². The Kier molecular flexibility index (Phi) is 6.27. The van der Waals surface area contributed by atoms with Crippen LogP contribution in [0.25, 0.3) is 5.69 Å². The monoisotopic (exact) mass is 519 g/mol. The first-order chi connectivity index (χ1) is 18.4. The van der Waals surface area contributed by atoms with E-state index >= 15 is 8.78 Å². The van der Waals surface area contributed by atoms with Crippen LogP contribution in [0.3, 0.4) is 0 Å². The third kappa shape index (κ3) is 4.28. The first kappa shape index (κ1) is 24.4. The second-order valence-electron chi connectivity index (χ2n) is 10.1. The lowest BCUT2D eigenvalue weighted by Crippen LogP contribution is -2.52. The lowest BCUT2D eigenvalue weighted by Gasteiger charge is -2.32.